The zero-order chi connectivity index (χ0) is 18.8. The van der Waals surface area contributed by atoms with Gasteiger partial charge < -0.3 is 10.1 Å². The second-order valence-electron chi connectivity index (χ2n) is 5.69. The van der Waals surface area contributed by atoms with Crippen molar-refractivity contribution in [2.45, 2.75) is 32.7 Å². The van der Waals surface area contributed by atoms with E-state index in [9.17, 15) is 5.26 Å². The van der Waals surface area contributed by atoms with E-state index in [1.807, 2.05) is 6.07 Å². The molecule has 0 spiro atoms. The van der Waals surface area contributed by atoms with Crippen molar-refractivity contribution in [3.8, 4) is 30.0 Å². The molecule has 1 atom stereocenters. The van der Waals surface area contributed by atoms with E-state index in [1.165, 1.54) is 7.11 Å². The van der Waals surface area contributed by atoms with Crippen molar-refractivity contribution >= 4 is 11.3 Å². The third kappa shape index (κ3) is 5.00. The Hall–Kier alpha value is -3.48. The molecule has 0 radical (unpaired) electrons. The first-order chi connectivity index (χ1) is 12.0. The van der Waals surface area contributed by atoms with Crippen LogP contribution in [0.1, 0.15) is 32.3 Å². The molecule has 0 aliphatic heterocycles. The number of nitrogens with one attached hydrogen (secondary N) is 1. The predicted octanol–water partition coefficient (Wildman–Crippen LogP) is 3.76. The number of benzene rings is 1. The molecule has 0 saturated carbocycles. The molecule has 0 bridgehead atoms. The average molecular weight is 333 g/mol. The monoisotopic (exact) mass is 333 g/mol. The molecule has 1 unspecified atom stereocenters. The van der Waals surface area contributed by atoms with E-state index < -0.39 is 0 Å². The number of methoxy groups -OCH3 is 1. The first kappa shape index (κ1) is 19.6. The fourth-order valence-electron chi connectivity index (χ4n) is 2.38. The fraction of sp³-hybridized carbons (Fsp3) is 0.368. The molecule has 1 rings (SSSR count). The molecule has 1 N–H and O–H groups in total. The van der Waals surface area contributed by atoms with Crippen LogP contribution in [0.2, 0.25) is 0 Å². The van der Waals surface area contributed by atoms with E-state index in [1.54, 1.807) is 30.3 Å². The maximum absolute atomic E-state index is 9.30. The Morgan fingerprint density at radius 3 is 2.28 bits per heavy atom. The summed E-state index contributed by atoms with van der Waals surface area (Å²) >= 11 is 0. The Morgan fingerprint density at radius 1 is 1.12 bits per heavy atom. The van der Waals surface area contributed by atoms with Crippen LogP contribution >= 0.6 is 0 Å². The first-order valence-corrected chi connectivity index (χ1v) is 7.78. The number of nitrogens with zero attached hydrogens (tertiary/aromatic N) is 4. The summed E-state index contributed by atoms with van der Waals surface area (Å²) in [5, 5.41) is 39.5. The smallest absolute Gasteiger partial charge is 0.148 e. The molecule has 0 aromatic heterocycles. The molecule has 6 nitrogen and oxygen atoms in total. The summed E-state index contributed by atoms with van der Waals surface area (Å²) in [7, 11) is 1.46. The highest BCUT2D eigenvalue weighted by Crippen LogP contribution is 2.31. The first-order valence-electron chi connectivity index (χ1n) is 7.78. The minimum absolute atomic E-state index is 0.0155. The molecule has 1 aromatic carbocycles. The Bertz CT molecular complexity index is 796. The Balaban J connectivity index is 3.25. The molecule has 0 amide bonds. The van der Waals surface area contributed by atoms with Crippen molar-refractivity contribution in [3.63, 3.8) is 0 Å². The molecule has 25 heavy (non-hydrogen) atoms. The van der Waals surface area contributed by atoms with Gasteiger partial charge in [-0.15, -0.1) is 0 Å². The van der Waals surface area contributed by atoms with Crippen LogP contribution in [-0.2, 0) is 0 Å². The van der Waals surface area contributed by atoms with Crippen LogP contribution in [0.25, 0.3) is 5.57 Å². The zero-order valence-corrected chi connectivity index (χ0v) is 14.5. The van der Waals surface area contributed by atoms with Gasteiger partial charge in [0.05, 0.1) is 18.8 Å². The van der Waals surface area contributed by atoms with Crippen molar-refractivity contribution < 1.29 is 4.74 Å². The van der Waals surface area contributed by atoms with Gasteiger partial charge in [0, 0.05) is 29.8 Å². The third-order valence-corrected chi connectivity index (χ3v) is 3.78. The molecule has 0 fully saturated rings. The zero-order valence-electron chi connectivity index (χ0n) is 14.5. The lowest BCUT2D eigenvalue weighted by Crippen LogP contribution is -2.25. The second kappa shape index (κ2) is 9.61. The molecular formula is C19H19N5O. The molecule has 0 saturated heterocycles. The van der Waals surface area contributed by atoms with Gasteiger partial charge in [0.2, 0.25) is 0 Å². The molecule has 0 aliphatic rings. The SMILES string of the molecule is COc1cc(NC(CCC#N)C(C)C)ccc1C(C#N)=C(C#N)C#N. The molecule has 1 aromatic rings. The van der Waals surface area contributed by atoms with Crippen LogP contribution in [0.4, 0.5) is 5.69 Å². The average Bonchev–Trinajstić information content (AvgIpc) is 2.62. The van der Waals surface area contributed by atoms with Crippen molar-refractivity contribution in [1.82, 2.24) is 0 Å². The Labute approximate surface area is 148 Å². The molecule has 126 valence electrons. The third-order valence-electron chi connectivity index (χ3n) is 3.78. The van der Waals surface area contributed by atoms with Gasteiger partial charge in [0.1, 0.15) is 29.5 Å². The highest BCUT2D eigenvalue weighted by Gasteiger charge is 2.17. The van der Waals surface area contributed by atoms with E-state index in [2.05, 4.69) is 25.2 Å². The summed E-state index contributed by atoms with van der Waals surface area (Å²) in [6, 6.07) is 12.8. The van der Waals surface area contributed by atoms with Crippen LogP contribution in [0.5, 0.6) is 5.75 Å². The van der Waals surface area contributed by atoms with Crippen molar-refractivity contribution in [1.29, 1.82) is 21.0 Å². The number of nitriles is 4. The van der Waals surface area contributed by atoms with Crippen LogP contribution in [0.15, 0.2) is 23.8 Å². The lowest BCUT2D eigenvalue weighted by molar-refractivity contribution is 0.413. The van der Waals surface area contributed by atoms with Crippen molar-refractivity contribution in [3.05, 3.63) is 29.3 Å². The normalized spacial score (nSPS) is 10.6. The number of ether oxygens (including phenoxy) is 1. The molecule has 6 heteroatoms. The summed E-state index contributed by atoms with van der Waals surface area (Å²) in [6.07, 6.45) is 1.18. The minimum Gasteiger partial charge on any atom is -0.496 e. The predicted molar refractivity (Wildman–Crippen MR) is 93.8 cm³/mol. The highest BCUT2D eigenvalue weighted by atomic mass is 16.5. The molecule has 0 heterocycles. The second-order valence-corrected chi connectivity index (χ2v) is 5.69. The van der Waals surface area contributed by atoms with Gasteiger partial charge in [-0.1, -0.05) is 13.8 Å². The van der Waals surface area contributed by atoms with E-state index in [0.29, 0.717) is 30.1 Å². The molecular weight excluding hydrogens is 314 g/mol. The summed E-state index contributed by atoms with van der Waals surface area (Å²) in [5.74, 6) is 0.727. The van der Waals surface area contributed by atoms with E-state index in [-0.39, 0.29) is 17.2 Å². The minimum atomic E-state index is -0.254. The number of hydrogen-bond acceptors (Lipinski definition) is 6. The largest absolute Gasteiger partial charge is 0.496 e. The summed E-state index contributed by atoms with van der Waals surface area (Å²) in [4.78, 5) is 0. The van der Waals surface area contributed by atoms with Gasteiger partial charge in [-0.25, -0.2) is 0 Å². The molecule has 0 aliphatic carbocycles. The van der Waals surface area contributed by atoms with Crippen LogP contribution in [0.3, 0.4) is 0 Å². The summed E-state index contributed by atoms with van der Waals surface area (Å²) < 4.78 is 5.33. The fourth-order valence-corrected chi connectivity index (χ4v) is 2.38. The highest BCUT2D eigenvalue weighted by molar-refractivity contribution is 5.87. The van der Waals surface area contributed by atoms with Gasteiger partial charge in [-0.2, -0.15) is 21.0 Å². The van der Waals surface area contributed by atoms with Gasteiger partial charge in [-0.3, -0.25) is 0 Å². The number of hydrogen-bond donors (Lipinski definition) is 1. The summed E-state index contributed by atoms with van der Waals surface area (Å²) in [5.41, 5.74) is 0.908. The lowest BCUT2D eigenvalue weighted by atomic mass is 9.98. The van der Waals surface area contributed by atoms with Crippen LogP contribution < -0.4 is 10.1 Å². The maximum atomic E-state index is 9.30. The van der Waals surface area contributed by atoms with Crippen LogP contribution in [0, 0.1) is 51.2 Å². The van der Waals surface area contributed by atoms with Crippen molar-refractivity contribution in [2.75, 3.05) is 12.4 Å². The van der Waals surface area contributed by atoms with Gasteiger partial charge in [0.25, 0.3) is 0 Å². The van der Waals surface area contributed by atoms with Gasteiger partial charge in [-0.05, 0) is 24.5 Å². The van der Waals surface area contributed by atoms with Gasteiger partial charge >= 0.3 is 0 Å². The topological polar surface area (TPSA) is 116 Å². The number of rotatable bonds is 7. The van der Waals surface area contributed by atoms with Crippen LogP contribution in [-0.4, -0.2) is 13.2 Å². The van der Waals surface area contributed by atoms with E-state index in [0.717, 1.165) is 5.69 Å². The van der Waals surface area contributed by atoms with Gasteiger partial charge in [0.15, 0.2) is 0 Å². The number of anilines is 1. The van der Waals surface area contributed by atoms with E-state index in [4.69, 9.17) is 20.5 Å². The van der Waals surface area contributed by atoms with Crippen molar-refractivity contribution in [2.24, 2.45) is 5.92 Å². The Kier molecular flexibility index (Phi) is 7.52. The Morgan fingerprint density at radius 2 is 1.80 bits per heavy atom. The lowest BCUT2D eigenvalue weighted by Gasteiger charge is -2.23. The number of allylic oxidation sites excluding steroid dienone is 2. The quantitative estimate of drug-likeness (QED) is 0.759. The van der Waals surface area contributed by atoms with E-state index >= 15 is 0 Å². The standard InChI is InChI=1S/C19H19N5O/c1-13(2)18(5-4-8-20)24-15-6-7-16(19(9-15)25-3)17(12-23)14(10-21)11-22/h6-7,9,13,18,24H,4-5H2,1-3H3. The maximum Gasteiger partial charge on any atom is 0.148 e. The summed E-state index contributed by atoms with van der Waals surface area (Å²) in [6.45, 7) is 4.15.